The van der Waals surface area contributed by atoms with E-state index in [1.54, 1.807) is 11.3 Å². The highest BCUT2D eigenvalue weighted by atomic mass is 35.5. The Morgan fingerprint density at radius 2 is 1.64 bits per heavy atom. The zero-order valence-corrected chi connectivity index (χ0v) is 21.4. The van der Waals surface area contributed by atoms with Gasteiger partial charge in [0.2, 0.25) is 6.79 Å². The van der Waals surface area contributed by atoms with Gasteiger partial charge in [-0.15, -0.1) is 11.3 Å². The number of aliphatic hydroxyl groups is 1. The van der Waals surface area contributed by atoms with Crippen molar-refractivity contribution in [2.24, 2.45) is 0 Å². The molecule has 2 aromatic rings. The fourth-order valence-electron chi connectivity index (χ4n) is 3.21. The number of hydrogen-bond donors (Lipinski definition) is 4. The van der Waals surface area contributed by atoms with Crippen LogP contribution in [0.15, 0.2) is 29.6 Å². The maximum atomic E-state index is 10.3. The summed E-state index contributed by atoms with van der Waals surface area (Å²) in [6.07, 6.45) is -2.29. The second kappa shape index (κ2) is 13.4. The Morgan fingerprint density at radius 3 is 2.14 bits per heavy atom. The minimum Gasteiger partial charge on any atom is -0.481 e. The lowest BCUT2D eigenvalue weighted by Gasteiger charge is -2.24. The highest BCUT2D eigenvalue weighted by molar-refractivity contribution is 7.09. The smallest absolute Gasteiger partial charge is 0.336 e. The number of carbonyl (C=O) groups is 3. The maximum Gasteiger partial charge on any atom is 0.336 e. The molecule has 1 aromatic carbocycles. The van der Waals surface area contributed by atoms with E-state index in [4.69, 9.17) is 41.5 Å². The number of aliphatic carboxylic acids is 3. The monoisotopic (exact) mass is 544 g/mol. The second-order valence-corrected chi connectivity index (χ2v) is 9.81. The predicted octanol–water partition coefficient (Wildman–Crippen LogP) is 2.45. The van der Waals surface area contributed by atoms with Crippen LogP contribution in [0.3, 0.4) is 0 Å². The molecule has 0 saturated heterocycles. The molecule has 2 heterocycles. The summed E-state index contributed by atoms with van der Waals surface area (Å²) in [5, 5.41) is 36.7. The number of carboxylic acid groups (broad SMARTS) is 3. The van der Waals surface area contributed by atoms with Crippen molar-refractivity contribution in [2.45, 2.75) is 31.5 Å². The standard InChI is InChI=1S/C17H21ClN2O2S.C6H8O7/c1-19(2)5-6-20(11-14-4-3-7-23-14)10-13-8-16-17(9-15(13)18)22-12-21-16;7-3(8)1-6(13,5(11)12)2-4(9)10/h3-4,7-9H,5-6,10-12H2,1-2H3;13H,1-2H2,(H,7,8)(H,9,10)(H,11,12). The third kappa shape index (κ3) is 9.28. The van der Waals surface area contributed by atoms with E-state index in [1.165, 1.54) is 4.88 Å². The van der Waals surface area contributed by atoms with Crippen LogP contribution in [0, 0.1) is 0 Å². The van der Waals surface area contributed by atoms with Crippen molar-refractivity contribution in [1.82, 2.24) is 9.80 Å². The molecule has 0 bridgehead atoms. The summed E-state index contributed by atoms with van der Waals surface area (Å²) in [4.78, 5) is 36.5. The molecule has 0 saturated carbocycles. The molecule has 0 spiro atoms. The molecule has 1 aliphatic heterocycles. The van der Waals surface area contributed by atoms with Gasteiger partial charge < -0.3 is 34.8 Å². The maximum absolute atomic E-state index is 10.3. The molecule has 0 unspecified atom stereocenters. The van der Waals surface area contributed by atoms with E-state index in [9.17, 15) is 14.4 Å². The Bertz CT molecular complexity index is 1030. The minimum atomic E-state index is -2.74. The van der Waals surface area contributed by atoms with Crippen LogP contribution >= 0.6 is 22.9 Å². The van der Waals surface area contributed by atoms with Gasteiger partial charge in [-0.1, -0.05) is 17.7 Å². The predicted molar refractivity (Wildman–Crippen MR) is 132 cm³/mol. The van der Waals surface area contributed by atoms with Gasteiger partial charge in [-0.05, 0) is 37.2 Å². The molecule has 11 nitrogen and oxygen atoms in total. The third-order valence-corrected chi connectivity index (χ3v) is 6.26. The number of rotatable bonds is 12. The molecule has 13 heteroatoms. The van der Waals surface area contributed by atoms with Gasteiger partial charge in [0.05, 0.1) is 12.8 Å². The Kier molecular flexibility index (Phi) is 10.9. The van der Waals surface area contributed by atoms with E-state index in [0.29, 0.717) is 0 Å². The Labute approximate surface area is 217 Å². The van der Waals surface area contributed by atoms with E-state index in [1.807, 2.05) is 12.1 Å². The number of thiophene rings is 1. The number of carboxylic acids is 3. The van der Waals surface area contributed by atoms with Gasteiger partial charge in [0.15, 0.2) is 17.1 Å². The van der Waals surface area contributed by atoms with Crippen LogP contribution < -0.4 is 9.47 Å². The first-order chi connectivity index (χ1) is 16.9. The topological polar surface area (TPSA) is 157 Å². The van der Waals surface area contributed by atoms with Crippen LogP contribution in [0.5, 0.6) is 11.5 Å². The van der Waals surface area contributed by atoms with Gasteiger partial charge in [-0.3, -0.25) is 14.5 Å². The zero-order valence-electron chi connectivity index (χ0n) is 19.8. The van der Waals surface area contributed by atoms with Crippen LogP contribution in [0.2, 0.25) is 5.02 Å². The largest absolute Gasteiger partial charge is 0.481 e. The molecule has 1 aromatic heterocycles. The first-order valence-corrected chi connectivity index (χ1v) is 12.0. The van der Waals surface area contributed by atoms with E-state index < -0.39 is 36.4 Å². The van der Waals surface area contributed by atoms with E-state index in [0.717, 1.165) is 48.3 Å². The van der Waals surface area contributed by atoms with Crippen molar-refractivity contribution in [2.75, 3.05) is 34.0 Å². The molecule has 0 radical (unpaired) electrons. The Morgan fingerprint density at radius 1 is 1.03 bits per heavy atom. The number of halogens is 1. The summed E-state index contributed by atoms with van der Waals surface area (Å²) in [7, 11) is 4.19. The van der Waals surface area contributed by atoms with Gasteiger partial charge in [0, 0.05) is 42.1 Å². The van der Waals surface area contributed by atoms with Crippen molar-refractivity contribution in [3.63, 3.8) is 0 Å². The van der Waals surface area contributed by atoms with E-state index in [-0.39, 0.29) is 6.79 Å². The first-order valence-electron chi connectivity index (χ1n) is 10.8. The lowest BCUT2D eigenvalue weighted by molar-refractivity contribution is -0.170. The number of likely N-dealkylation sites (N-methyl/N-ethyl adjacent to an activating group) is 1. The number of fused-ring (bicyclic) bond motifs is 1. The molecule has 0 atom stereocenters. The van der Waals surface area contributed by atoms with Gasteiger partial charge in [0.1, 0.15) is 0 Å². The minimum absolute atomic E-state index is 0.272. The summed E-state index contributed by atoms with van der Waals surface area (Å²) in [5.74, 6) is -3.50. The summed E-state index contributed by atoms with van der Waals surface area (Å²) in [6, 6.07) is 8.13. The zero-order chi connectivity index (χ0) is 26.9. The molecule has 4 N–H and O–H groups in total. The number of hydrogen-bond acceptors (Lipinski definition) is 9. The second-order valence-electron chi connectivity index (χ2n) is 8.37. The van der Waals surface area contributed by atoms with Crippen LogP contribution in [-0.4, -0.2) is 87.7 Å². The molecule has 0 aliphatic carbocycles. The fraction of sp³-hybridized carbons (Fsp3) is 0.435. The summed E-state index contributed by atoms with van der Waals surface area (Å²) in [5.41, 5.74) is -1.66. The van der Waals surface area contributed by atoms with Crippen LogP contribution in [0.25, 0.3) is 0 Å². The van der Waals surface area contributed by atoms with Crippen LogP contribution in [-0.2, 0) is 27.5 Å². The third-order valence-electron chi connectivity index (χ3n) is 5.04. The van der Waals surface area contributed by atoms with Crippen LogP contribution in [0.1, 0.15) is 23.3 Å². The van der Waals surface area contributed by atoms with Gasteiger partial charge in [-0.2, -0.15) is 0 Å². The molecule has 3 rings (SSSR count). The normalized spacial score (nSPS) is 12.4. The van der Waals surface area contributed by atoms with Crippen LogP contribution in [0.4, 0.5) is 0 Å². The number of nitrogens with zero attached hydrogens (tertiary/aromatic N) is 2. The van der Waals surface area contributed by atoms with Gasteiger partial charge in [-0.25, -0.2) is 4.79 Å². The lowest BCUT2D eigenvalue weighted by atomic mass is 9.96. The molecular formula is C23H29ClN2O9S. The van der Waals surface area contributed by atoms with Gasteiger partial charge in [0.25, 0.3) is 0 Å². The molecule has 0 amide bonds. The van der Waals surface area contributed by atoms with E-state index in [2.05, 4.69) is 41.4 Å². The molecular weight excluding hydrogens is 516 g/mol. The van der Waals surface area contributed by atoms with Gasteiger partial charge >= 0.3 is 17.9 Å². The average Bonchev–Trinajstić information content (AvgIpc) is 3.43. The molecule has 0 fully saturated rings. The highest BCUT2D eigenvalue weighted by Crippen LogP contribution is 2.37. The molecule has 36 heavy (non-hydrogen) atoms. The Hall–Kier alpha value is -2.90. The van der Waals surface area contributed by atoms with Crippen molar-refractivity contribution < 1.29 is 44.3 Å². The van der Waals surface area contributed by atoms with E-state index >= 15 is 0 Å². The molecule has 1 aliphatic rings. The summed E-state index contributed by atoms with van der Waals surface area (Å²) in [6.45, 7) is 3.98. The quantitative estimate of drug-likeness (QED) is 0.311. The van der Waals surface area contributed by atoms with Crippen molar-refractivity contribution in [1.29, 1.82) is 0 Å². The average molecular weight is 545 g/mol. The lowest BCUT2D eigenvalue weighted by Crippen LogP contribution is -2.42. The fourth-order valence-corrected chi connectivity index (χ4v) is 4.17. The first kappa shape index (κ1) is 29.3. The van der Waals surface area contributed by atoms with Crippen molar-refractivity contribution in [3.8, 4) is 11.5 Å². The number of benzene rings is 1. The van der Waals surface area contributed by atoms with Crippen molar-refractivity contribution >= 4 is 40.8 Å². The summed E-state index contributed by atoms with van der Waals surface area (Å²) < 4.78 is 10.9. The SMILES string of the molecule is CN(C)CCN(Cc1cccs1)Cc1cc2c(cc1Cl)OCO2.O=C(O)CC(O)(CC(=O)O)C(=O)O. The molecule has 198 valence electrons. The summed E-state index contributed by atoms with van der Waals surface area (Å²) >= 11 is 8.21. The number of ether oxygens (including phenoxy) is 2. The van der Waals surface area contributed by atoms with Crippen molar-refractivity contribution in [3.05, 3.63) is 45.1 Å². The Balaban J connectivity index is 0.000000302. The highest BCUT2D eigenvalue weighted by Gasteiger charge is 2.40.